The number of carbonyl (C=O) groups is 3. The first-order valence-electron chi connectivity index (χ1n) is 16.0. The molecule has 3 saturated heterocycles. The lowest BCUT2D eigenvalue weighted by Gasteiger charge is -2.51. The summed E-state index contributed by atoms with van der Waals surface area (Å²) >= 11 is 0. The van der Waals surface area contributed by atoms with E-state index in [9.17, 15) is 14.4 Å². The zero-order valence-corrected chi connectivity index (χ0v) is 26.1. The monoisotopic (exact) mass is 593 g/mol. The summed E-state index contributed by atoms with van der Waals surface area (Å²) in [7, 11) is 1.60. The van der Waals surface area contributed by atoms with Crippen LogP contribution in [0.3, 0.4) is 0 Å². The maximum Gasteiger partial charge on any atom is 0.227 e. The summed E-state index contributed by atoms with van der Waals surface area (Å²) in [4.78, 5) is 48.4. The summed E-state index contributed by atoms with van der Waals surface area (Å²) in [6, 6.07) is 7.69. The summed E-state index contributed by atoms with van der Waals surface area (Å²) in [6.07, 6.45) is 6.02. The Morgan fingerprint density at radius 3 is 2.74 bits per heavy atom. The number of aryl methyl sites for hydroxylation is 1. The zero-order chi connectivity index (χ0) is 30.5. The summed E-state index contributed by atoms with van der Waals surface area (Å²) in [5, 5.41) is 7.35. The van der Waals surface area contributed by atoms with E-state index in [1.54, 1.807) is 7.11 Å². The molecule has 1 N–H and O–H groups in total. The smallest absolute Gasteiger partial charge is 0.227 e. The van der Waals surface area contributed by atoms with Crippen LogP contribution in [0.2, 0.25) is 0 Å². The fourth-order valence-corrected chi connectivity index (χ4v) is 7.18. The lowest BCUT2D eigenvalue weighted by atomic mass is 9.77. The van der Waals surface area contributed by atoms with Gasteiger partial charge in [-0.3, -0.25) is 14.4 Å². The molecule has 3 aliphatic rings. The van der Waals surface area contributed by atoms with Gasteiger partial charge in [0.25, 0.3) is 0 Å². The fourth-order valence-electron chi connectivity index (χ4n) is 7.18. The van der Waals surface area contributed by atoms with Crippen molar-refractivity contribution in [2.75, 3.05) is 26.7 Å². The molecule has 1 aromatic carbocycles. The SMILES string of the molecule is COc1ccccc1-c1noc(CCC(=O)N2C[C@@H]3C[C@@H](C2)[C@@H]2CCCC(=O)N[C@H](C(C)C)CC[C@@H](C)CC(=O)N2C3)n1. The second kappa shape index (κ2) is 13.9. The fraction of sp³-hybridized carbons (Fsp3) is 0.667. The molecular formula is C33H47N5O5. The molecule has 0 unspecified atom stereocenters. The van der Waals surface area contributed by atoms with Gasteiger partial charge in [0.05, 0.1) is 12.7 Å². The zero-order valence-electron chi connectivity index (χ0n) is 26.1. The summed E-state index contributed by atoms with van der Waals surface area (Å²) in [6.45, 7) is 8.43. The number of rotatable bonds is 6. The molecule has 4 heterocycles. The number of fused-ring (bicyclic) bond motifs is 4. The number of para-hydroxylation sites is 1. The molecule has 3 aliphatic heterocycles. The van der Waals surface area contributed by atoms with Crippen molar-refractivity contribution in [2.24, 2.45) is 23.7 Å². The van der Waals surface area contributed by atoms with Gasteiger partial charge in [-0.2, -0.15) is 4.98 Å². The van der Waals surface area contributed by atoms with Crippen molar-refractivity contribution in [3.63, 3.8) is 0 Å². The van der Waals surface area contributed by atoms with Gasteiger partial charge in [0, 0.05) is 57.4 Å². The van der Waals surface area contributed by atoms with Gasteiger partial charge < -0.3 is 24.4 Å². The number of piperidine rings is 2. The third-order valence-electron chi connectivity index (χ3n) is 9.56. The van der Waals surface area contributed by atoms with Crippen molar-refractivity contribution < 1.29 is 23.6 Å². The highest BCUT2D eigenvalue weighted by atomic mass is 16.5. The Labute approximate surface area is 254 Å². The Morgan fingerprint density at radius 2 is 1.95 bits per heavy atom. The van der Waals surface area contributed by atoms with Crippen LogP contribution in [0, 0.1) is 23.7 Å². The molecule has 5 rings (SSSR count). The Kier molecular flexibility index (Phi) is 10.0. The number of methoxy groups -OCH3 is 1. The van der Waals surface area contributed by atoms with Crippen LogP contribution in [0.5, 0.6) is 5.75 Å². The standard InChI is InChI=1S/C33H47N5O5/c1-21(2)26-13-12-22(3)16-32(41)38-19-23-17-24(27(38)9-7-11-29(39)34-26)20-37(18-23)31(40)15-14-30-35-33(36-43-30)25-8-5-6-10-28(25)42-4/h5-6,8,10,21-24,26-27H,7,9,11-20H2,1-4H3,(H,34,39)/t22-,23+,24+,26+,27+/m1/s1. The molecular weight excluding hydrogens is 546 g/mol. The van der Waals surface area contributed by atoms with Crippen molar-refractivity contribution in [3.05, 3.63) is 30.2 Å². The van der Waals surface area contributed by atoms with Gasteiger partial charge in [-0.05, 0) is 67.9 Å². The molecule has 10 nitrogen and oxygen atoms in total. The number of nitrogens with one attached hydrogen (secondary N) is 1. The Morgan fingerprint density at radius 1 is 1.14 bits per heavy atom. The van der Waals surface area contributed by atoms with Crippen molar-refractivity contribution in [1.29, 1.82) is 0 Å². The summed E-state index contributed by atoms with van der Waals surface area (Å²) in [5.74, 6) is 3.04. The van der Waals surface area contributed by atoms with Gasteiger partial charge >= 0.3 is 0 Å². The number of hydrogen-bond acceptors (Lipinski definition) is 7. The number of ether oxygens (including phenoxy) is 1. The molecule has 0 radical (unpaired) electrons. The van der Waals surface area contributed by atoms with Crippen LogP contribution in [0.15, 0.2) is 28.8 Å². The second-order valence-corrected chi connectivity index (χ2v) is 13.2. The van der Waals surface area contributed by atoms with E-state index >= 15 is 0 Å². The predicted molar refractivity (Wildman–Crippen MR) is 162 cm³/mol. The highest BCUT2D eigenvalue weighted by molar-refractivity contribution is 5.78. The number of aromatic nitrogens is 2. The maximum atomic E-state index is 13.6. The largest absolute Gasteiger partial charge is 0.496 e. The number of carbonyl (C=O) groups excluding carboxylic acids is 3. The second-order valence-electron chi connectivity index (χ2n) is 13.2. The molecule has 2 bridgehead atoms. The van der Waals surface area contributed by atoms with E-state index in [2.05, 4.69) is 41.1 Å². The molecule has 234 valence electrons. The number of hydrogen-bond donors (Lipinski definition) is 1. The van der Waals surface area contributed by atoms with Crippen molar-refractivity contribution in [1.82, 2.24) is 25.3 Å². The summed E-state index contributed by atoms with van der Waals surface area (Å²) < 4.78 is 10.9. The summed E-state index contributed by atoms with van der Waals surface area (Å²) in [5.41, 5.74) is 0.744. The Bertz CT molecular complexity index is 1280. The van der Waals surface area contributed by atoms with E-state index in [0.29, 0.717) is 62.3 Å². The predicted octanol–water partition coefficient (Wildman–Crippen LogP) is 4.48. The highest BCUT2D eigenvalue weighted by Crippen LogP contribution is 2.37. The highest BCUT2D eigenvalue weighted by Gasteiger charge is 2.43. The average Bonchev–Trinajstić information content (AvgIpc) is 3.47. The van der Waals surface area contributed by atoms with E-state index in [1.807, 2.05) is 29.2 Å². The molecule has 0 aliphatic carbocycles. The van der Waals surface area contributed by atoms with Gasteiger partial charge in [0.1, 0.15) is 5.75 Å². The minimum atomic E-state index is 0.0559. The van der Waals surface area contributed by atoms with Crippen LogP contribution >= 0.6 is 0 Å². The van der Waals surface area contributed by atoms with Crippen molar-refractivity contribution in [2.45, 2.75) is 90.6 Å². The molecule has 0 saturated carbocycles. The Hall–Kier alpha value is -3.43. The Balaban J connectivity index is 1.22. The van der Waals surface area contributed by atoms with Crippen LogP contribution in [-0.2, 0) is 20.8 Å². The minimum Gasteiger partial charge on any atom is -0.496 e. The van der Waals surface area contributed by atoms with Crippen LogP contribution in [0.1, 0.15) is 78.0 Å². The first kappa shape index (κ1) is 31.0. The lowest BCUT2D eigenvalue weighted by Crippen LogP contribution is -2.60. The molecule has 1 aromatic heterocycles. The minimum absolute atomic E-state index is 0.0559. The van der Waals surface area contributed by atoms with Crippen LogP contribution in [0.25, 0.3) is 11.4 Å². The van der Waals surface area contributed by atoms with Crippen LogP contribution in [0.4, 0.5) is 0 Å². The van der Waals surface area contributed by atoms with Crippen LogP contribution in [-0.4, -0.2) is 76.5 Å². The van der Waals surface area contributed by atoms with E-state index < -0.39 is 0 Å². The molecule has 0 spiro atoms. The number of likely N-dealkylation sites (tertiary alicyclic amines) is 1. The molecule has 2 aromatic rings. The van der Waals surface area contributed by atoms with Crippen molar-refractivity contribution in [3.8, 4) is 17.1 Å². The molecule has 10 heteroatoms. The normalized spacial score (nSPS) is 27.0. The maximum absolute atomic E-state index is 13.6. The van der Waals surface area contributed by atoms with Gasteiger partial charge in [0.15, 0.2) is 0 Å². The lowest BCUT2D eigenvalue weighted by molar-refractivity contribution is -0.146. The third kappa shape index (κ3) is 7.57. The van der Waals surface area contributed by atoms with Crippen LogP contribution < -0.4 is 10.1 Å². The number of amides is 3. The van der Waals surface area contributed by atoms with Gasteiger partial charge in [-0.15, -0.1) is 0 Å². The van der Waals surface area contributed by atoms with E-state index in [-0.39, 0.29) is 54.0 Å². The molecule has 43 heavy (non-hydrogen) atoms. The number of nitrogens with zero attached hydrogens (tertiary/aromatic N) is 4. The third-order valence-corrected chi connectivity index (χ3v) is 9.56. The van der Waals surface area contributed by atoms with E-state index in [0.717, 1.165) is 37.7 Å². The van der Waals surface area contributed by atoms with E-state index in [4.69, 9.17) is 9.26 Å². The quantitative estimate of drug-likeness (QED) is 0.525. The van der Waals surface area contributed by atoms with Gasteiger partial charge in [-0.1, -0.05) is 38.1 Å². The van der Waals surface area contributed by atoms with Crippen molar-refractivity contribution >= 4 is 17.7 Å². The molecule has 3 fully saturated rings. The molecule has 5 atom stereocenters. The number of benzene rings is 1. The first-order valence-corrected chi connectivity index (χ1v) is 16.0. The van der Waals surface area contributed by atoms with Gasteiger partial charge in [0.2, 0.25) is 29.4 Å². The van der Waals surface area contributed by atoms with Gasteiger partial charge in [-0.25, -0.2) is 0 Å². The molecule has 3 amide bonds. The topological polar surface area (TPSA) is 118 Å². The average molecular weight is 594 g/mol. The van der Waals surface area contributed by atoms with E-state index in [1.165, 1.54) is 0 Å². The first-order chi connectivity index (χ1) is 20.7.